The smallest absolute Gasteiger partial charge is 0.339 e. The molecule has 7 nitrogen and oxygen atoms in total. The van der Waals surface area contributed by atoms with E-state index in [9.17, 15) is 19.1 Å². The van der Waals surface area contributed by atoms with Gasteiger partial charge in [0.25, 0.3) is 0 Å². The van der Waals surface area contributed by atoms with Crippen LogP contribution in [0, 0.1) is 11.2 Å². The van der Waals surface area contributed by atoms with Gasteiger partial charge in [0, 0.05) is 12.1 Å². The maximum absolute atomic E-state index is 14.7. The summed E-state index contributed by atoms with van der Waals surface area (Å²) in [5, 5.41) is 11.6. The van der Waals surface area contributed by atoms with Gasteiger partial charge in [-0.1, -0.05) is 72.8 Å². The molecule has 4 aromatic carbocycles. The van der Waals surface area contributed by atoms with Gasteiger partial charge >= 0.3 is 11.9 Å². The van der Waals surface area contributed by atoms with Crippen LogP contribution in [0.4, 0.5) is 4.39 Å². The van der Waals surface area contributed by atoms with Gasteiger partial charge in [0.05, 0.1) is 31.8 Å². The lowest BCUT2D eigenvalue weighted by molar-refractivity contribution is -0.166. The Balaban J connectivity index is 1.29. The van der Waals surface area contributed by atoms with E-state index in [2.05, 4.69) is 0 Å². The van der Waals surface area contributed by atoms with Crippen LogP contribution in [0.2, 0.25) is 0 Å². The lowest BCUT2D eigenvalue weighted by Gasteiger charge is -2.38. The quantitative estimate of drug-likeness (QED) is 0.194. The number of carbonyl (C=O) groups excluding carboxylic acids is 1. The average molecular weight is 573 g/mol. The van der Waals surface area contributed by atoms with Gasteiger partial charge in [-0.05, 0) is 47.6 Å². The molecule has 1 aliphatic carbocycles. The molecular weight excluding hydrogens is 539 g/mol. The standard InChI is InChI=1S/C34H33FO7/c1-39-30-19-29(35)31(18-28(30)32(36)37)42-26-14-16-34(17-15-26,22-40-20-23-8-3-2-4-9-23)33(38)41-21-25-12-7-11-24-10-5-6-13-27(24)25/h2-13,18-19,26H,14-17,20-22H2,1H3,(H,36,37). The first-order chi connectivity index (χ1) is 20.4. The fraction of sp³-hybridized carbons (Fsp3) is 0.294. The Kier molecular flexibility index (Phi) is 9.03. The van der Waals surface area contributed by atoms with E-state index in [0.717, 1.165) is 34.0 Å². The Bertz CT molecular complexity index is 1540. The molecule has 8 heteroatoms. The van der Waals surface area contributed by atoms with Gasteiger partial charge < -0.3 is 24.1 Å². The van der Waals surface area contributed by atoms with E-state index in [0.29, 0.717) is 32.3 Å². The second-order valence-electron chi connectivity index (χ2n) is 10.6. The third-order valence-electron chi connectivity index (χ3n) is 7.83. The fourth-order valence-corrected chi connectivity index (χ4v) is 5.46. The monoisotopic (exact) mass is 572 g/mol. The van der Waals surface area contributed by atoms with Crippen molar-refractivity contribution in [2.45, 2.75) is 45.0 Å². The molecule has 0 radical (unpaired) electrons. The molecule has 1 N–H and O–H groups in total. The molecule has 0 unspecified atom stereocenters. The molecule has 218 valence electrons. The summed E-state index contributed by atoms with van der Waals surface area (Å²) in [6.45, 7) is 0.659. The zero-order valence-electron chi connectivity index (χ0n) is 23.4. The Morgan fingerprint density at radius 3 is 2.36 bits per heavy atom. The Hall–Kier alpha value is -4.43. The molecule has 1 saturated carbocycles. The van der Waals surface area contributed by atoms with Gasteiger partial charge in [-0.3, -0.25) is 4.79 Å². The zero-order chi connectivity index (χ0) is 29.5. The number of carbonyl (C=O) groups is 2. The SMILES string of the molecule is COc1cc(F)c(OC2CCC(COCc3ccccc3)(C(=O)OCc3cccc4ccccc34)CC2)cc1C(=O)O. The van der Waals surface area contributed by atoms with Crippen LogP contribution in [0.1, 0.15) is 47.2 Å². The van der Waals surface area contributed by atoms with Crippen LogP contribution in [-0.2, 0) is 27.5 Å². The van der Waals surface area contributed by atoms with Crippen molar-refractivity contribution in [3.63, 3.8) is 0 Å². The normalized spacial score (nSPS) is 18.4. The van der Waals surface area contributed by atoms with Crippen LogP contribution in [0.15, 0.2) is 84.9 Å². The number of rotatable bonds is 11. The maximum atomic E-state index is 14.7. The number of fused-ring (bicyclic) bond motifs is 1. The van der Waals surface area contributed by atoms with Crippen LogP contribution < -0.4 is 9.47 Å². The van der Waals surface area contributed by atoms with Gasteiger partial charge in [0.2, 0.25) is 0 Å². The third-order valence-corrected chi connectivity index (χ3v) is 7.83. The molecule has 1 aliphatic rings. The van der Waals surface area contributed by atoms with Crippen molar-refractivity contribution in [1.82, 2.24) is 0 Å². The highest BCUT2D eigenvalue weighted by Crippen LogP contribution is 2.41. The average Bonchev–Trinajstić information content (AvgIpc) is 3.01. The highest BCUT2D eigenvalue weighted by atomic mass is 19.1. The van der Waals surface area contributed by atoms with Gasteiger partial charge in [-0.15, -0.1) is 0 Å². The van der Waals surface area contributed by atoms with Crippen molar-refractivity contribution < 1.29 is 38.0 Å². The Morgan fingerprint density at radius 2 is 1.62 bits per heavy atom. The number of esters is 1. The summed E-state index contributed by atoms with van der Waals surface area (Å²) in [5.41, 5.74) is 0.829. The number of carboxylic acids is 1. The van der Waals surface area contributed by atoms with Crippen molar-refractivity contribution in [2.24, 2.45) is 5.41 Å². The van der Waals surface area contributed by atoms with Gasteiger partial charge in [-0.2, -0.15) is 0 Å². The summed E-state index contributed by atoms with van der Waals surface area (Å²) < 4.78 is 37.6. The van der Waals surface area contributed by atoms with Crippen LogP contribution in [0.3, 0.4) is 0 Å². The first-order valence-corrected chi connectivity index (χ1v) is 13.9. The molecule has 0 atom stereocenters. The lowest BCUT2D eigenvalue weighted by atomic mass is 9.73. The summed E-state index contributed by atoms with van der Waals surface area (Å²) in [5.74, 6) is -2.55. The van der Waals surface area contributed by atoms with Gasteiger partial charge in [0.15, 0.2) is 11.6 Å². The largest absolute Gasteiger partial charge is 0.496 e. The minimum Gasteiger partial charge on any atom is -0.496 e. The van der Waals surface area contributed by atoms with Gasteiger partial charge in [0.1, 0.15) is 17.9 Å². The Morgan fingerprint density at radius 1 is 0.905 bits per heavy atom. The minimum absolute atomic E-state index is 0.0838. The van der Waals surface area contributed by atoms with E-state index in [1.807, 2.05) is 72.8 Å². The van der Waals surface area contributed by atoms with Crippen molar-refractivity contribution in [3.05, 3.63) is 107 Å². The molecule has 0 aromatic heterocycles. The van der Waals surface area contributed by atoms with E-state index in [4.69, 9.17) is 18.9 Å². The van der Waals surface area contributed by atoms with Crippen molar-refractivity contribution in [3.8, 4) is 11.5 Å². The number of halogens is 1. The number of hydrogen-bond donors (Lipinski definition) is 1. The van der Waals surface area contributed by atoms with E-state index in [1.165, 1.54) is 7.11 Å². The van der Waals surface area contributed by atoms with E-state index in [1.54, 1.807) is 0 Å². The molecule has 0 amide bonds. The molecule has 42 heavy (non-hydrogen) atoms. The van der Waals surface area contributed by atoms with Gasteiger partial charge in [-0.25, -0.2) is 9.18 Å². The first-order valence-electron chi connectivity index (χ1n) is 13.9. The number of carboxylic acid groups (broad SMARTS) is 1. The fourth-order valence-electron chi connectivity index (χ4n) is 5.46. The van der Waals surface area contributed by atoms with Crippen LogP contribution in [0.5, 0.6) is 11.5 Å². The lowest BCUT2D eigenvalue weighted by Crippen LogP contribution is -2.43. The molecule has 0 heterocycles. The predicted octanol–water partition coefficient (Wildman–Crippen LogP) is 6.95. The van der Waals surface area contributed by atoms with E-state index >= 15 is 0 Å². The van der Waals surface area contributed by atoms with Crippen LogP contribution in [0.25, 0.3) is 10.8 Å². The molecular formula is C34H33FO7. The molecule has 0 spiro atoms. The highest BCUT2D eigenvalue weighted by Gasteiger charge is 2.44. The molecule has 1 fully saturated rings. The van der Waals surface area contributed by atoms with Crippen molar-refractivity contribution in [2.75, 3.05) is 13.7 Å². The topological polar surface area (TPSA) is 91.3 Å². The van der Waals surface area contributed by atoms with E-state index < -0.39 is 23.3 Å². The predicted molar refractivity (Wildman–Crippen MR) is 155 cm³/mol. The summed E-state index contributed by atoms with van der Waals surface area (Å²) in [4.78, 5) is 25.3. The van der Waals surface area contributed by atoms with E-state index in [-0.39, 0.29) is 36.2 Å². The molecule has 0 saturated heterocycles. The summed E-state index contributed by atoms with van der Waals surface area (Å²) >= 11 is 0. The van der Waals surface area contributed by atoms with Crippen molar-refractivity contribution >= 4 is 22.7 Å². The summed E-state index contributed by atoms with van der Waals surface area (Å²) in [6.07, 6.45) is 1.27. The number of aromatic carboxylic acids is 1. The number of benzene rings is 4. The highest BCUT2D eigenvalue weighted by molar-refractivity contribution is 5.91. The first kappa shape index (κ1) is 29.1. The number of hydrogen-bond acceptors (Lipinski definition) is 6. The van der Waals surface area contributed by atoms with Crippen LogP contribution in [-0.4, -0.2) is 36.9 Å². The van der Waals surface area contributed by atoms with Crippen LogP contribution >= 0.6 is 0 Å². The summed E-state index contributed by atoms with van der Waals surface area (Å²) in [7, 11) is 1.28. The Labute approximate surface area is 243 Å². The zero-order valence-corrected chi connectivity index (χ0v) is 23.4. The third kappa shape index (κ3) is 6.55. The molecule has 0 aliphatic heterocycles. The second kappa shape index (κ2) is 13.0. The molecule has 4 aromatic rings. The summed E-state index contributed by atoms with van der Waals surface area (Å²) in [6, 6.07) is 25.7. The maximum Gasteiger partial charge on any atom is 0.339 e. The molecule has 0 bridgehead atoms. The number of ether oxygens (including phenoxy) is 4. The molecule has 5 rings (SSSR count). The number of methoxy groups -OCH3 is 1. The second-order valence-corrected chi connectivity index (χ2v) is 10.6. The minimum atomic E-state index is -1.25. The van der Waals surface area contributed by atoms with Crippen molar-refractivity contribution in [1.29, 1.82) is 0 Å².